The van der Waals surface area contributed by atoms with Crippen LogP contribution < -0.4 is 0 Å². The summed E-state index contributed by atoms with van der Waals surface area (Å²) >= 11 is 0. The maximum absolute atomic E-state index is 13.2. The van der Waals surface area contributed by atoms with Crippen molar-refractivity contribution in [2.24, 2.45) is 5.92 Å². The number of rotatable bonds is 5. The Labute approximate surface area is 101 Å². The number of carboxylic acid groups (broad SMARTS) is 1. The van der Waals surface area contributed by atoms with E-state index in [1.54, 1.807) is 19.1 Å². The van der Waals surface area contributed by atoms with Crippen molar-refractivity contribution in [3.8, 4) is 0 Å². The quantitative estimate of drug-likeness (QED) is 0.848. The third kappa shape index (κ3) is 4.17. The van der Waals surface area contributed by atoms with Gasteiger partial charge in [-0.15, -0.1) is 0 Å². The van der Waals surface area contributed by atoms with E-state index >= 15 is 0 Å². The second-order valence-electron chi connectivity index (χ2n) is 4.93. The van der Waals surface area contributed by atoms with Crippen LogP contribution in [0.2, 0.25) is 0 Å². The molecule has 1 atom stereocenters. The molecule has 0 saturated heterocycles. The van der Waals surface area contributed by atoms with Gasteiger partial charge in [0, 0.05) is 0 Å². The Bertz CT molecular complexity index is 399. The number of halogens is 1. The highest BCUT2D eigenvalue weighted by Gasteiger charge is 2.17. The number of aliphatic carboxylic acids is 1. The van der Waals surface area contributed by atoms with Crippen LogP contribution >= 0.6 is 0 Å². The summed E-state index contributed by atoms with van der Waals surface area (Å²) in [6, 6.07) is 4.86. The third-order valence-electron chi connectivity index (χ3n) is 2.83. The van der Waals surface area contributed by atoms with E-state index in [9.17, 15) is 9.18 Å². The second-order valence-corrected chi connectivity index (χ2v) is 4.93. The SMILES string of the molecule is Cc1cc(C(CC(=O)O)CC(C)C)ccc1F. The molecule has 0 aliphatic heterocycles. The number of benzene rings is 1. The van der Waals surface area contributed by atoms with E-state index < -0.39 is 5.97 Å². The van der Waals surface area contributed by atoms with Gasteiger partial charge in [0.05, 0.1) is 6.42 Å². The molecule has 0 aliphatic carbocycles. The van der Waals surface area contributed by atoms with Crippen LogP contribution in [-0.4, -0.2) is 11.1 Å². The van der Waals surface area contributed by atoms with Crippen molar-refractivity contribution >= 4 is 5.97 Å². The van der Waals surface area contributed by atoms with Gasteiger partial charge in [0.2, 0.25) is 0 Å². The van der Waals surface area contributed by atoms with Gasteiger partial charge in [0.15, 0.2) is 0 Å². The van der Waals surface area contributed by atoms with Gasteiger partial charge < -0.3 is 5.11 Å². The predicted octanol–water partition coefficient (Wildman–Crippen LogP) is 3.74. The van der Waals surface area contributed by atoms with Gasteiger partial charge in [-0.1, -0.05) is 26.0 Å². The molecule has 3 heteroatoms. The Morgan fingerprint density at radius 2 is 2.06 bits per heavy atom. The third-order valence-corrected chi connectivity index (χ3v) is 2.83. The zero-order valence-corrected chi connectivity index (χ0v) is 10.5. The minimum atomic E-state index is -0.808. The zero-order valence-electron chi connectivity index (χ0n) is 10.5. The molecule has 0 spiro atoms. The molecule has 1 rings (SSSR count). The lowest BCUT2D eigenvalue weighted by molar-refractivity contribution is -0.137. The van der Waals surface area contributed by atoms with Gasteiger partial charge in [-0.25, -0.2) is 4.39 Å². The summed E-state index contributed by atoms with van der Waals surface area (Å²) in [6.45, 7) is 5.82. The molecule has 0 aliphatic rings. The number of carboxylic acids is 1. The lowest BCUT2D eigenvalue weighted by atomic mass is 9.87. The van der Waals surface area contributed by atoms with E-state index in [4.69, 9.17) is 5.11 Å². The normalized spacial score (nSPS) is 12.8. The summed E-state index contributed by atoms with van der Waals surface area (Å²) in [4.78, 5) is 10.8. The lowest BCUT2D eigenvalue weighted by Crippen LogP contribution is -2.09. The summed E-state index contributed by atoms with van der Waals surface area (Å²) in [5, 5.41) is 8.91. The predicted molar refractivity (Wildman–Crippen MR) is 65.6 cm³/mol. The summed E-state index contributed by atoms with van der Waals surface area (Å²) < 4.78 is 13.2. The number of hydrogen-bond donors (Lipinski definition) is 1. The van der Waals surface area contributed by atoms with Gasteiger partial charge in [-0.2, -0.15) is 0 Å². The van der Waals surface area contributed by atoms with Gasteiger partial charge in [-0.3, -0.25) is 4.79 Å². The van der Waals surface area contributed by atoms with E-state index in [0.29, 0.717) is 11.5 Å². The maximum Gasteiger partial charge on any atom is 0.303 e. The van der Waals surface area contributed by atoms with E-state index in [1.807, 2.05) is 0 Å². The summed E-state index contributed by atoms with van der Waals surface area (Å²) in [5.74, 6) is -0.665. The molecular weight excluding hydrogens is 219 g/mol. The molecule has 0 heterocycles. The first-order valence-electron chi connectivity index (χ1n) is 5.88. The molecule has 1 N–H and O–H groups in total. The van der Waals surface area contributed by atoms with E-state index in [1.165, 1.54) is 6.07 Å². The number of aryl methyl sites for hydroxylation is 1. The van der Waals surface area contributed by atoms with Crippen molar-refractivity contribution < 1.29 is 14.3 Å². The highest BCUT2D eigenvalue weighted by atomic mass is 19.1. The summed E-state index contributed by atoms with van der Waals surface area (Å²) in [7, 11) is 0. The molecule has 1 aromatic carbocycles. The molecule has 0 fully saturated rings. The molecule has 0 aromatic heterocycles. The standard InChI is InChI=1S/C14H19FO2/c1-9(2)6-12(8-14(16)17)11-4-5-13(15)10(3)7-11/h4-5,7,9,12H,6,8H2,1-3H3,(H,16,17). The molecule has 1 aromatic rings. The van der Waals surface area contributed by atoms with Crippen LogP contribution in [0.25, 0.3) is 0 Å². The highest BCUT2D eigenvalue weighted by Crippen LogP contribution is 2.28. The first-order valence-corrected chi connectivity index (χ1v) is 5.88. The van der Waals surface area contributed by atoms with Crippen molar-refractivity contribution in [1.82, 2.24) is 0 Å². The van der Waals surface area contributed by atoms with Gasteiger partial charge in [-0.05, 0) is 42.4 Å². The van der Waals surface area contributed by atoms with E-state index in [2.05, 4.69) is 13.8 Å². The minimum absolute atomic E-state index is 0.0354. The smallest absolute Gasteiger partial charge is 0.303 e. The molecule has 0 saturated carbocycles. The van der Waals surface area contributed by atoms with Gasteiger partial charge >= 0.3 is 5.97 Å². The number of carbonyl (C=O) groups is 1. The van der Waals surface area contributed by atoms with Gasteiger partial charge in [0.1, 0.15) is 5.82 Å². The molecule has 1 unspecified atom stereocenters. The largest absolute Gasteiger partial charge is 0.481 e. The Balaban J connectivity index is 2.94. The molecule has 94 valence electrons. The second kappa shape index (κ2) is 5.80. The summed E-state index contributed by atoms with van der Waals surface area (Å²) in [5.41, 5.74) is 1.49. The molecular formula is C14H19FO2. The minimum Gasteiger partial charge on any atom is -0.481 e. The van der Waals surface area contributed by atoms with Crippen molar-refractivity contribution in [3.63, 3.8) is 0 Å². The monoisotopic (exact) mass is 238 g/mol. The summed E-state index contributed by atoms with van der Waals surface area (Å²) in [6.07, 6.45) is 0.903. The van der Waals surface area contributed by atoms with Crippen molar-refractivity contribution in [2.75, 3.05) is 0 Å². The van der Waals surface area contributed by atoms with Crippen LogP contribution in [0.1, 0.15) is 43.7 Å². The number of hydrogen-bond acceptors (Lipinski definition) is 1. The van der Waals surface area contributed by atoms with Gasteiger partial charge in [0.25, 0.3) is 0 Å². The van der Waals surface area contributed by atoms with Crippen LogP contribution in [0.3, 0.4) is 0 Å². The lowest BCUT2D eigenvalue weighted by Gasteiger charge is -2.18. The Hall–Kier alpha value is -1.38. The van der Waals surface area contributed by atoms with Crippen LogP contribution in [-0.2, 0) is 4.79 Å². The fourth-order valence-electron chi connectivity index (χ4n) is 2.04. The fourth-order valence-corrected chi connectivity index (χ4v) is 2.04. The average molecular weight is 238 g/mol. The van der Waals surface area contributed by atoms with Crippen LogP contribution in [0, 0.1) is 18.7 Å². The first kappa shape index (κ1) is 13.7. The molecule has 0 amide bonds. The topological polar surface area (TPSA) is 37.3 Å². The zero-order chi connectivity index (χ0) is 13.0. The molecule has 0 bridgehead atoms. The Kier molecular flexibility index (Phi) is 4.67. The van der Waals surface area contributed by atoms with E-state index in [0.717, 1.165) is 12.0 Å². The first-order chi connectivity index (χ1) is 7.90. The van der Waals surface area contributed by atoms with E-state index in [-0.39, 0.29) is 18.2 Å². The highest BCUT2D eigenvalue weighted by molar-refractivity contribution is 5.68. The maximum atomic E-state index is 13.2. The molecule has 2 nitrogen and oxygen atoms in total. The molecule has 17 heavy (non-hydrogen) atoms. The van der Waals surface area contributed by atoms with Crippen LogP contribution in [0.4, 0.5) is 4.39 Å². The molecule has 0 radical (unpaired) electrons. The Morgan fingerprint density at radius 3 is 2.53 bits per heavy atom. The van der Waals surface area contributed by atoms with Crippen molar-refractivity contribution in [1.29, 1.82) is 0 Å². The van der Waals surface area contributed by atoms with Crippen LogP contribution in [0.15, 0.2) is 18.2 Å². The van der Waals surface area contributed by atoms with Crippen molar-refractivity contribution in [2.45, 2.75) is 39.5 Å². The fraction of sp³-hybridized carbons (Fsp3) is 0.500. The Morgan fingerprint density at radius 1 is 1.41 bits per heavy atom. The van der Waals surface area contributed by atoms with Crippen molar-refractivity contribution in [3.05, 3.63) is 35.1 Å². The van der Waals surface area contributed by atoms with Crippen LogP contribution in [0.5, 0.6) is 0 Å². The average Bonchev–Trinajstić information content (AvgIpc) is 2.19.